The lowest BCUT2D eigenvalue weighted by Crippen LogP contribution is -2.42. The summed E-state index contributed by atoms with van der Waals surface area (Å²) in [5.41, 5.74) is 0. The Morgan fingerprint density at radius 3 is 2.57 bits per heavy atom. The summed E-state index contributed by atoms with van der Waals surface area (Å²) >= 11 is 0. The second kappa shape index (κ2) is 4.57. The van der Waals surface area contributed by atoms with Crippen molar-refractivity contribution in [3.05, 3.63) is 0 Å². The Labute approximate surface area is 86.3 Å². The molecule has 1 saturated heterocycles. The average molecular weight is 221 g/mol. The number of hydrogen-bond acceptors (Lipinski definition) is 3. The van der Waals surface area contributed by atoms with E-state index in [4.69, 9.17) is 0 Å². The molecule has 0 unspecified atom stereocenters. The fraction of sp³-hybridized carbons (Fsp3) is 1.00. The van der Waals surface area contributed by atoms with Crippen LogP contribution in [0.15, 0.2) is 0 Å². The van der Waals surface area contributed by atoms with Crippen LogP contribution in [-0.2, 0) is 10.2 Å². The molecule has 1 heterocycles. The maximum Gasteiger partial charge on any atom is 0.278 e. The predicted molar refractivity (Wildman–Crippen MR) is 56.3 cm³/mol. The van der Waals surface area contributed by atoms with Crippen molar-refractivity contribution in [2.45, 2.75) is 18.9 Å². The molecule has 1 aliphatic heterocycles. The van der Waals surface area contributed by atoms with Gasteiger partial charge < -0.3 is 4.90 Å². The van der Waals surface area contributed by atoms with E-state index in [1.807, 2.05) is 7.05 Å². The van der Waals surface area contributed by atoms with Crippen LogP contribution in [0.4, 0.5) is 0 Å². The SMILES string of the molecule is CN1CCC[C@H]1CNS(=O)(=O)N(C)C. The van der Waals surface area contributed by atoms with Gasteiger partial charge in [-0.1, -0.05) is 0 Å². The van der Waals surface area contributed by atoms with E-state index in [-0.39, 0.29) is 0 Å². The largest absolute Gasteiger partial charge is 0.302 e. The number of nitrogens with one attached hydrogen (secondary N) is 1. The van der Waals surface area contributed by atoms with Crippen molar-refractivity contribution in [3.63, 3.8) is 0 Å². The summed E-state index contributed by atoms with van der Waals surface area (Å²) in [5.74, 6) is 0. The molecule has 84 valence electrons. The molecule has 1 N–H and O–H groups in total. The van der Waals surface area contributed by atoms with Gasteiger partial charge in [0.25, 0.3) is 10.2 Å². The summed E-state index contributed by atoms with van der Waals surface area (Å²) in [4.78, 5) is 2.19. The molecule has 0 aromatic rings. The summed E-state index contributed by atoms with van der Waals surface area (Å²) < 4.78 is 26.6. The lowest BCUT2D eigenvalue weighted by molar-refractivity contribution is 0.309. The Morgan fingerprint density at radius 1 is 1.50 bits per heavy atom. The molecule has 1 rings (SSSR count). The second-order valence-electron chi connectivity index (χ2n) is 3.91. The van der Waals surface area contributed by atoms with Gasteiger partial charge in [0.05, 0.1) is 0 Å². The van der Waals surface area contributed by atoms with Crippen molar-refractivity contribution in [1.82, 2.24) is 13.9 Å². The van der Waals surface area contributed by atoms with Crippen molar-refractivity contribution in [1.29, 1.82) is 0 Å². The van der Waals surface area contributed by atoms with Crippen LogP contribution in [0.2, 0.25) is 0 Å². The summed E-state index contributed by atoms with van der Waals surface area (Å²) in [6.07, 6.45) is 2.23. The molecular formula is C8H19N3O2S. The lowest BCUT2D eigenvalue weighted by Gasteiger charge is -2.21. The van der Waals surface area contributed by atoms with Gasteiger partial charge in [-0.3, -0.25) is 0 Å². The van der Waals surface area contributed by atoms with E-state index in [0.717, 1.165) is 19.4 Å². The van der Waals surface area contributed by atoms with Crippen molar-refractivity contribution >= 4 is 10.2 Å². The van der Waals surface area contributed by atoms with E-state index in [9.17, 15) is 8.42 Å². The Bertz CT molecular complexity index is 276. The molecule has 0 amide bonds. The van der Waals surface area contributed by atoms with Crippen LogP contribution in [0, 0.1) is 0 Å². The molecule has 5 nitrogen and oxygen atoms in total. The summed E-state index contributed by atoms with van der Waals surface area (Å²) in [6, 6.07) is 0.352. The minimum absolute atomic E-state index is 0.352. The number of hydrogen-bond donors (Lipinski definition) is 1. The molecule has 1 aliphatic rings. The smallest absolute Gasteiger partial charge is 0.278 e. The Balaban J connectivity index is 2.40. The van der Waals surface area contributed by atoms with Crippen molar-refractivity contribution in [2.75, 3.05) is 34.2 Å². The fourth-order valence-electron chi connectivity index (χ4n) is 1.57. The van der Waals surface area contributed by atoms with Gasteiger partial charge in [0, 0.05) is 26.7 Å². The van der Waals surface area contributed by atoms with Crippen LogP contribution in [0.25, 0.3) is 0 Å². The first-order chi connectivity index (χ1) is 6.43. The van der Waals surface area contributed by atoms with Crippen molar-refractivity contribution in [2.24, 2.45) is 0 Å². The highest BCUT2D eigenvalue weighted by atomic mass is 32.2. The van der Waals surface area contributed by atoms with Crippen LogP contribution in [0.1, 0.15) is 12.8 Å². The van der Waals surface area contributed by atoms with E-state index in [1.165, 1.54) is 18.4 Å². The van der Waals surface area contributed by atoms with Gasteiger partial charge in [-0.05, 0) is 26.4 Å². The maximum absolute atomic E-state index is 11.4. The van der Waals surface area contributed by atoms with E-state index >= 15 is 0 Å². The second-order valence-corrected chi connectivity index (χ2v) is 5.88. The standard InChI is InChI=1S/C8H19N3O2S/c1-10(2)14(12,13)9-7-8-5-4-6-11(8)3/h8-9H,4-7H2,1-3H3/t8-/m0/s1. The fourth-order valence-corrected chi connectivity index (χ4v) is 2.23. The number of likely N-dealkylation sites (N-methyl/N-ethyl adjacent to an activating group) is 1. The molecule has 0 aromatic heterocycles. The molecule has 0 aromatic carbocycles. The zero-order valence-electron chi connectivity index (χ0n) is 9.02. The molecule has 0 saturated carbocycles. The van der Waals surface area contributed by atoms with Crippen LogP contribution >= 0.6 is 0 Å². The normalized spacial score (nSPS) is 24.7. The highest BCUT2D eigenvalue weighted by molar-refractivity contribution is 7.87. The summed E-state index contributed by atoms with van der Waals surface area (Å²) in [5, 5.41) is 0. The molecule has 1 atom stereocenters. The van der Waals surface area contributed by atoms with E-state index < -0.39 is 10.2 Å². The number of nitrogens with zero attached hydrogens (tertiary/aromatic N) is 2. The summed E-state index contributed by atoms with van der Waals surface area (Å²) in [7, 11) is 1.83. The Hall–Kier alpha value is -0.170. The van der Waals surface area contributed by atoms with Gasteiger partial charge in [-0.2, -0.15) is 12.7 Å². The summed E-state index contributed by atoms with van der Waals surface area (Å²) in [6.45, 7) is 1.57. The zero-order chi connectivity index (χ0) is 10.8. The molecule has 0 spiro atoms. The number of likely N-dealkylation sites (tertiary alicyclic amines) is 1. The minimum atomic E-state index is -3.25. The third-order valence-corrected chi connectivity index (χ3v) is 4.15. The van der Waals surface area contributed by atoms with E-state index in [0.29, 0.717) is 12.6 Å². The van der Waals surface area contributed by atoms with Crippen LogP contribution in [0.3, 0.4) is 0 Å². The third-order valence-electron chi connectivity index (χ3n) is 2.65. The zero-order valence-corrected chi connectivity index (χ0v) is 9.84. The van der Waals surface area contributed by atoms with Crippen LogP contribution < -0.4 is 4.72 Å². The van der Waals surface area contributed by atoms with Crippen molar-refractivity contribution < 1.29 is 8.42 Å². The van der Waals surface area contributed by atoms with Gasteiger partial charge in [-0.25, -0.2) is 4.72 Å². The molecule has 0 aliphatic carbocycles. The van der Waals surface area contributed by atoms with E-state index in [1.54, 1.807) is 0 Å². The molecular weight excluding hydrogens is 202 g/mol. The van der Waals surface area contributed by atoms with Gasteiger partial charge in [0.1, 0.15) is 0 Å². The minimum Gasteiger partial charge on any atom is -0.302 e. The van der Waals surface area contributed by atoms with Gasteiger partial charge in [0.2, 0.25) is 0 Å². The number of rotatable bonds is 4. The first-order valence-corrected chi connectivity index (χ1v) is 6.25. The highest BCUT2D eigenvalue weighted by Crippen LogP contribution is 2.13. The van der Waals surface area contributed by atoms with Gasteiger partial charge in [0.15, 0.2) is 0 Å². The molecule has 6 heteroatoms. The van der Waals surface area contributed by atoms with E-state index in [2.05, 4.69) is 9.62 Å². The molecule has 0 radical (unpaired) electrons. The predicted octanol–water partition coefficient (Wildman–Crippen LogP) is -0.523. The lowest BCUT2D eigenvalue weighted by atomic mass is 10.2. The van der Waals surface area contributed by atoms with Crippen LogP contribution in [-0.4, -0.2) is 57.9 Å². The van der Waals surface area contributed by atoms with Crippen LogP contribution in [0.5, 0.6) is 0 Å². The maximum atomic E-state index is 11.4. The first-order valence-electron chi connectivity index (χ1n) is 4.81. The average Bonchev–Trinajstić information content (AvgIpc) is 2.47. The Morgan fingerprint density at radius 2 is 2.14 bits per heavy atom. The highest BCUT2D eigenvalue weighted by Gasteiger charge is 2.23. The molecule has 1 fully saturated rings. The first kappa shape index (κ1) is 11.9. The van der Waals surface area contributed by atoms with Crippen molar-refractivity contribution in [3.8, 4) is 0 Å². The Kier molecular flexibility index (Phi) is 3.88. The van der Waals surface area contributed by atoms with Gasteiger partial charge >= 0.3 is 0 Å². The molecule has 14 heavy (non-hydrogen) atoms. The third kappa shape index (κ3) is 2.91. The van der Waals surface area contributed by atoms with Gasteiger partial charge in [-0.15, -0.1) is 0 Å². The quantitative estimate of drug-likeness (QED) is 0.695. The monoisotopic (exact) mass is 221 g/mol. The topological polar surface area (TPSA) is 52.7 Å². The molecule has 0 bridgehead atoms.